The molecule has 2 aromatic carbocycles. The molecule has 256 valence electrons. The Morgan fingerprint density at radius 2 is 1.46 bits per heavy atom. The van der Waals surface area contributed by atoms with Gasteiger partial charge >= 0.3 is 18.3 Å². The van der Waals surface area contributed by atoms with Crippen LogP contribution < -0.4 is 9.62 Å². The first-order chi connectivity index (χ1) is 22.2. The fraction of sp³-hybridized carbons (Fsp3) is 0.323. The minimum Gasteiger partial charge on any atom is -0.465 e. The third-order valence-electron chi connectivity index (χ3n) is 6.25. The van der Waals surface area contributed by atoms with Crippen LogP contribution in [0.2, 0.25) is 10.0 Å². The fourth-order valence-corrected chi connectivity index (χ4v) is 6.07. The Labute approximate surface area is 287 Å². The Bertz CT molecular complexity index is 1910. The second-order valence-electron chi connectivity index (χ2n) is 12.5. The zero-order chi connectivity index (χ0) is 35.6. The van der Waals surface area contributed by atoms with Crippen molar-refractivity contribution in [1.82, 2.24) is 19.7 Å². The van der Waals surface area contributed by atoms with Crippen LogP contribution in [0.15, 0.2) is 65.7 Å². The highest BCUT2D eigenvalue weighted by atomic mass is 35.5. The molecule has 4 aromatic rings. The molecule has 0 aliphatic rings. The molecule has 0 spiro atoms. The Balaban J connectivity index is 1.53. The second-order valence-corrected chi connectivity index (χ2v) is 15.0. The van der Waals surface area contributed by atoms with Crippen molar-refractivity contribution in [2.75, 3.05) is 22.7 Å². The lowest BCUT2D eigenvalue weighted by molar-refractivity contribution is 0.00193. The Kier molecular flexibility index (Phi) is 10.5. The summed E-state index contributed by atoms with van der Waals surface area (Å²) in [7, 11) is -3.98. The third-order valence-corrected chi connectivity index (χ3v) is 8.05. The number of nitrogens with one attached hydrogen (secondary N) is 1. The number of hydrogen-bond acceptors (Lipinski definition) is 9. The molecular formula is C31H34Cl2N6O8S. The Morgan fingerprint density at radius 1 is 0.854 bits per heavy atom. The molecule has 17 heteroatoms. The number of ether oxygens (including phenoxy) is 2. The van der Waals surface area contributed by atoms with Crippen LogP contribution in [-0.4, -0.2) is 75.8 Å². The van der Waals surface area contributed by atoms with Gasteiger partial charge < -0.3 is 14.6 Å². The summed E-state index contributed by atoms with van der Waals surface area (Å²) < 4.78 is 40.7. The monoisotopic (exact) mass is 720 g/mol. The molecule has 48 heavy (non-hydrogen) atoms. The first kappa shape index (κ1) is 36.2. The maximum absolute atomic E-state index is 12.9. The van der Waals surface area contributed by atoms with E-state index in [0.29, 0.717) is 27.3 Å². The van der Waals surface area contributed by atoms with Gasteiger partial charge in [0.1, 0.15) is 11.2 Å². The minimum atomic E-state index is -3.98. The summed E-state index contributed by atoms with van der Waals surface area (Å²) in [5.74, 6) is 0.277. The number of aromatic nitrogens is 3. The first-order valence-corrected chi connectivity index (χ1v) is 16.6. The molecule has 0 saturated carbocycles. The highest BCUT2D eigenvalue weighted by Gasteiger charge is 2.32. The summed E-state index contributed by atoms with van der Waals surface area (Å²) in [6.45, 7) is 9.04. The van der Waals surface area contributed by atoms with Crippen molar-refractivity contribution in [2.45, 2.75) is 57.6 Å². The molecule has 14 nitrogen and oxygen atoms in total. The van der Waals surface area contributed by atoms with Crippen LogP contribution in [0.1, 0.15) is 41.5 Å². The molecule has 0 aliphatic heterocycles. The van der Waals surface area contributed by atoms with Gasteiger partial charge in [0, 0.05) is 33.9 Å². The number of imide groups is 1. The Hall–Kier alpha value is -4.60. The zero-order valence-corrected chi connectivity index (χ0v) is 29.2. The van der Waals surface area contributed by atoms with E-state index in [1.54, 1.807) is 76.6 Å². The van der Waals surface area contributed by atoms with Crippen LogP contribution in [-0.2, 0) is 19.5 Å². The molecule has 0 unspecified atom stereocenters. The maximum Gasteiger partial charge on any atom is 0.419 e. The van der Waals surface area contributed by atoms with E-state index in [1.165, 1.54) is 30.3 Å². The van der Waals surface area contributed by atoms with Crippen LogP contribution >= 0.6 is 23.2 Å². The van der Waals surface area contributed by atoms with Crippen LogP contribution in [0.25, 0.3) is 16.7 Å². The van der Waals surface area contributed by atoms with Crippen molar-refractivity contribution < 1.29 is 37.4 Å². The van der Waals surface area contributed by atoms with E-state index in [2.05, 4.69) is 14.9 Å². The molecule has 0 atom stereocenters. The van der Waals surface area contributed by atoms with Gasteiger partial charge in [0.25, 0.3) is 10.0 Å². The number of benzene rings is 2. The van der Waals surface area contributed by atoms with Crippen molar-refractivity contribution in [3.05, 3.63) is 70.8 Å². The molecule has 0 fully saturated rings. The standard InChI is InChI=1S/C31H34Cl2N6O8S/c1-30(2,3)46-28(42)39(29(43)47-31(4,5)6)14-13-38(27(40)41)26-10-9-25(34-35-26)37-12-11-19-15-22(7-8-24(19)37)36-48(44,45)23-17-20(32)16-21(33)18-23/h7-12,15-18,36H,13-14H2,1-6H3,(H,40,41). The molecule has 3 amide bonds. The highest BCUT2D eigenvalue weighted by Crippen LogP contribution is 2.27. The van der Waals surface area contributed by atoms with Gasteiger partial charge in [-0.15, -0.1) is 10.2 Å². The number of hydrogen-bond donors (Lipinski definition) is 2. The quantitative estimate of drug-likeness (QED) is 0.190. The van der Waals surface area contributed by atoms with E-state index in [4.69, 9.17) is 32.7 Å². The van der Waals surface area contributed by atoms with Crippen molar-refractivity contribution in [2.24, 2.45) is 0 Å². The van der Waals surface area contributed by atoms with Crippen LogP contribution in [0.3, 0.4) is 0 Å². The highest BCUT2D eigenvalue weighted by molar-refractivity contribution is 7.92. The number of amides is 3. The molecule has 0 saturated heterocycles. The molecular weight excluding hydrogens is 687 g/mol. The van der Waals surface area contributed by atoms with Gasteiger partial charge in [-0.3, -0.25) is 14.2 Å². The minimum absolute atomic E-state index is 0.0612. The molecule has 0 radical (unpaired) electrons. The largest absolute Gasteiger partial charge is 0.465 e. The van der Waals surface area contributed by atoms with Crippen molar-refractivity contribution in [3.63, 3.8) is 0 Å². The first-order valence-electron chi connectivity index (χ1n) is 14.4. The topological polar surface area (TPSA) is 173 Å². The van der Waals surface area contributed by atoms with Gasteiger partial charge in [0.2, 0.25) is 0 Å². The lowest BCUT2D eigenvalue weighted by Crippen LogP contribution is -2.47. The summed E-state index contributed by atoms with van der Waals surface area (Å²) in [6.07, 6.45) is -1.69. The lowest BCUT2D eigenvalue weighted by Gasteiger charge is -2.29. The summed E-state index contributed by atoms with van der Waals surface area (Å²) in [6, 6.07) is 13.6. The number of carbonyl (C=O) groups is 3. The molecule has 2 N–H and O–H groups in total. The third kappa shape index (κ3) is 9.27. The van der Waals surface area contributed by atoms with Crippen LogP contribution in [0, 0.1) is 0 Å². The Morgan fingerprint density at radius 3 is 1.98 bits per heavy atom. The number of carboxylic acid groups (broad SMARTS) is 1. The number of anilines is 2. The fourth-order valence-electron chi connectivity index (χ4n) is 4.29. The predicted molar refractivity (Wildman–Crippen MR) is 181 cm³/mol. The second kappa shape index (κ2) is 13.9. The number of halogens is 2. The summed E-state index contributed by atoms with van der Waals surface area (Å²) in [4.78, 5) is 39.3. The predicted octanol–water partition coefficient (Wildman–Crippen LogP) is 7.18. The van der Waals surface area contributed by atoms with E-state index in [0.717, 1.165) is 4.90 Å². The van der Waals surface area contributed by atoms with Crippen LogP contribution in [0.4, 0.5) is 25.9 Å². The average Bonchev–Trinajstić information content (AvgIpc) is 3.36. The number of sulfonamides is 1. The SMILES string of the molecule is CC(C)(C)OC(=O)N(CCN(C(=O)O)c1ccc(-n2ccc3cc(NS(=O)(=O)c4cc(Cl)cc(Cl)c4)ccc32)nn1)C(=O)OC(C)(C)C. The van der Waals surface area contributed by atoms with E-state index < -0.39 is 46.0 Å². The smallest absolute Gasteiger partial charge is 0.419 e. The number of nitrogens with zero attached hydrogens (tertiary/aromatic N) is 5. The normalized spacial score (nSPS) is 12.0. The maximum atomic E-state index is 12.9. The van der Waals surface area contributed by atoms with Crippen LogP contribution in [0.5, 0.6) is 0 Å². The van der Waals surface area contributed by atoms with E-state index in [9.17, 15) is 27.9 Å². The van der Waals surface area contributed by atoms with Gasteiger partial charge in [-0.25, -0.2) is 27.7 Å². The van der Waals surface area contributed by atoms with Gasteiger partial charge in [-0.1, -0.05) is 23.2 Å². The van der Waals surface area contributed by atoms with E-state index in [1.807, 2.05) is 0 Å². The number of fused-ring (bicyclic) bond motifs is 1. The van der Waals surface area contributed by atoms with Crippen molar-refractivity contribution in [1.29, 1.82) is 0 Å². The van der Waals surface area contributed by atoms with Crippen molar-refractivity contribution in [3.8, 4) is 5.82 Å². The molecule has 2 aromatic heterocycles. The number of carbonyl (C=O) groups excluding carboxylic acids is 2. The lowest BCUT2D eigenvalue weighted by atomic mass is 10.2. The molecule has 0 bridgehead atoms. The number of rotatable bonds is 8. The van der Waals surface area contributed by atoms with E-state index >= 15 is 0 Å². The van der Waals surface area contributed by atoms with Gasteiger partial charge in [-0.05, 0) is 96.1 Å². The summed E-state index contributed by atoms with van der Waals surface area (Å²) in [5.41, 5.74) is -0.891. The van der Waals surface area contributed by atoms with Crippen molar-refractivity contribution >= 4 is 73.9 Å². The van der Waals surface area contributed by atoms with Gasteiger partial charge in [0.15, 0.2) is 11.6 Å². The molecule has 2 heterocycles. The molecule has 0 aliphatic carbocycles. The molecule has 4 rings (SSSR count). The van der Waals surface area contributed by atoms with E-state index in [-0.39, 0.29) is 27.3 Å². The average molecular weight is 722 g/mol. The summed E-state index contributed by atoms with van der Waals surface area (Å²) in [5, 5.41) is 19.2. The zero-order valence-electron chi connectivity index (χ0n) is 26.9. The summed E-state index contributed by atoms with van der Waals surface area (Å²) >= 11 is 11.9. The van der Waals surface area contributed by atoms with Gasteiger partial charge in [0.05, 0.1) is 17.0 Å². The van der Waals surface area contributed by atoms with Gasteiger partial charge in [-0.2, -0.15) is 0 Å².